The third kappa shape index (κ3) is 2.28. The van der Waals surface area contributed by atoms with Crippen molar-refractivity contribution < 1.29 is 0 Å². The molecule has 1 heterocycles. The van der Waals surface area contributed by atoms with Gasteiger partial charge in [-0.25, -0.2) is 9.97 Å². The quantitative estimate of drug-likeness (QED) is 0.914. The summed E-state index contributed by atoms with van der Waals surface area (Å²) in [6, 6.07) is 8.57. The first-order chi connectivity index (χ1) is 9.29. The molecule has 2 atom stereocenters. The van der Waals surface area contributed by atoms with E-state index in [9.17, 15) is 0 Å². The fourth-order valence-electron chi connectivity index (χ4n) is 3.08. The molecule has 1 aromatic heterocycles. The maximum atomic E-state index is 5.86. The molecule has 0 bridgehead atoms. The molecule has 1 aliphatic carbocycles. The summed E-state index contributed by atoms with van der Waals surface area (Å²) in [5.74, 6) is 1.38. The Morgan fingerprint density at radius 1 is 1.32 bits per heavy atom. The van der Waals surface area contributed by atoms with Crippen LogP contribution in [-0.2, 0) is 0 Å². The molecule has 0 spiro atoms. The van der Waals surface area contributed by atoms with Crippen LogP contribution >= 0.6 is 0 Å². The van der Waals surface area contributed by atoms with Gasteiger partial charge in [-0.05, 0) is 31.4 Å². The number of benzene rings is 1. The summed E-state index contributed by atoms with van der Waals surface area (Å²) < 4.78 is 0. The number of rotatable bonds is 3. The highest BCUT2D eigenvalue weighted by Crippen LogP contribution is 2.30. The molecule has 4 heteroatoms. The summed E-state index contributed by atoms with van der Waals surface area (Å²) in [4.78, 5) is 11.4. The van der Waals surface area contributed by atoms with Crippen molar-refractivity contribution >= 4 is 16.9 Å². The van der Waals surface area contributed by atoms with Gasteiger partial charge in [0.05, 0.1) is 5.52 Å². The van der Waals surface area contributed by atoms with Gasteiger partial charge in [-0.1, -0.05) is 24.6 Å². The smallest absolute Gasteiger partial charge is 0.225 e. The highest BCUT2D eigenvalue weighted by atomic mass is 15.3. The predicted molar refractivity (Wildman–Crippen MR) is 78.1 cm³/mol. The second-order valence-electron chi connectivity index (χ2n) is 5.33. The molecule has 1 saturated carbocycles. The van der Waals surface area contributed by atoms with Gasteiger partial charge in [0, 0.05) is 24.7 Å². The molecular weight excluding hydrogens is 236 g/mol. The van der Waals surface area contributed by atoms with Crippen LogP contribution in [0.25, 0.3) is 10.9 Å². The van der Waals surface area contributed by atoms with Crippen molar-refractivity contribution in [2.75, 3.05) is 18.5 Å². The molecule has 1 aliphatic rings. The van der Waals surface area contributed by atoms with Gasteiger partial charge in [-0.2, -0.15) is 0 Å². The number of aromatic nitrogens is 2. The lowest BCUT2D eigenvalue weighted by Gasteiger charge is -2.29. The number of nitrogens with zero attached hydrogens (tertiary/aromatic N) is 3. The van der Waals surface area contributed by atoms with Gasteiger partial charge in [0.25, 0.3) is 0 Å². The van der Waals surface area contributed by atoms with Crippen molar-refractivity contribution in [3.05, 3.63) is 30.5 Å². The number of nitrogens with two attached hydrogens (primary N) is 1. The van der Waals surface area contributed by atoms with Crippen LogP contribution in [0.2, 0.25) is 0 Å². The molecule has 0 radical (unpaired) electrons. The first-order valence-corrected chi connectivity index (χ1v) is 6.94. The van der Waals surface area contributed by atoms with Crippen molar-refractivity contribution in [3.8, 4) is 0 Å². The third-order valence-electron chi connectivity index (χ3n) is 4.21. The van der Waals surface area contributed by atoms with Gasteiger partial charge >= 0.3 is 0 Å². The van der Waals surface area contributed by atoms with Gasteiger partial charge in [0.2, 0.25) is 5.95 Å². The highest BCUT2D eigenvalue weighted by Gasteiger charge is 2.30. The van der Waals surface area contributed by atoms with Gasteiger partial charge in [-0.3, -0.25) is 0 Å². The number of hydrogen-bond acceptors (Lipinski definition) is 4. The maximum Gasteiger partial charge on any atom is 0.225 e. The molecule has 0 amide bonds. The van der Waals surface area contributed by atoms with Crippen LogP contribution in [0.15, 0.2) is 30.5 Å². The van der Waals surface area contributed by atoms with Crippen LogP contribution in [0.5, 0.6) is 0 Å². The van der Waals surface area contributed by atoms with Crippen LogP contribution in [-0.4, -0.2) is 29.6 Å². The largest absolute Gasteiger partial charge is 0.341 e. The molecule has 19 heavy (non-hydrogen) atoms. The zero-order chi connectivity index (χ0) is 13.2. The van der Waals surface area contributed by atoms with E-state index in [1.54, 1.807) is 0 Å². The fourth-order valence-corrected chi connectivity index (χ4v) is 3.08. The van der Waals surface area contributed by atoms with E-state index in [-0.39, 0.29) is 0 Å². The highest BCUT2D eigenvalue weighted by molar-refractivity contribution is 5.78. The minimum Gasteiger partial charge on any atom is -0.341 e. The van der Waals surface area contributed by atoms with Crippen LogP contribution in [0.3, 0.4) is 0 Å². The lowest BCUT2D eigenvalue weighted by molar-refractivity contribution is 0.470. The molecular formula is C15H20N4. The van der Waals surface area contributed by atoms with E-state index < -0.39 is 0 Å². The molecule has 2 N–H and O–H groups in total. The van der Waals surface area contributed by atoms with Crippen molar-refractivity contribution in [2.24, 2.45) is 11.7 Å². The molecule has 4 nitrogen and oxygen atoms in total. The van der Waals surface area contributed by atoms with Crippen molar-refractivity contribution in [1.82, 2.24) is 9.97 Å². The van der Waals surface area contributed by atoms with Gasteiger partial charge in [0.15, 0.2) is 0 Å². The van der Waals surface area contributed by atoms with E-state index in [1.807, 2.05) is 30.5 Å². The minimum atomic E-state index is 0.478. The lowest BCUT2D eigenvalue weighted by Crippen LogP contribution is -2.38. The Morgan fingerprint density at radius 2 is 2.16 bits per heavy atom. The Hall–Kier alpha value is -1.68. The summed E-state index contributed by atoms with van der Waals surface area (Å²) >= 11 is 0. The lowest BCUT2D eigenvalue weighted by atomic mass is 10.0. The summed E-state index contributed by atoms with van der Waals surface area (Å²) in [5.41, 5.74) is 6.86. The summed E-state index contributed by atoms with van der Waals surface area (Å²) in [6.45, 7) is 0.753. The molecule has 2 aromatic rings. The Balaban J connectivity index is 1.90. The number of hydrogen-bond donors (Lipinski definition) is 1. The van der Waals surface area contributed by atoms with Crippen LogP contribution in [0, 0.1) is 5.92 Å². The third-order valence-corrected chi connectivity index (χ3v) is 4.21. The zero-order valence-electron chi connectivity index (χ0n) is 11.3. The molecule has 0 aliphatic heterocycles. The van der Waals surface area contributed by atoms with Crippen molar-refractivity contribution in [1.29, 1.82) is 0 Å². The van der Waals surface area contributed by atoms with Gasteiger partial charge in [-0.15, -0.1) is 0 Å². The Kier molecular flexibility index (Phi) is 3.34. The molecule has 0 saturated heterocycles. The standard InChI is InChI=1S/C15H20N4/c1-19(14-8-4-6-11(14)9-16)15-17-10-12-5-2-3-7-13(12)18-15/h2-3,5,7,10-11,14H,4,6,8-9,16H2,1H3. The minimum absolute atomic E-state index is 0.478. The summed E-state index contributed by atoms with van der Waals surface area (Å²) in [5, 5.41) is 1.08. The summed E-state index contributed by atoms with van der Waals surface area (Å²) in [7, 11) is 2.09. The normalized spacial score (nSPS) is 22.8. The van der Waals surface area contributed by atoms with Crippen molar-refractivity contribution in [2.45, 2.75) is 25.3 Å². The van der Waals surface area contributed by atoms with E-state index in [2.05, 4.69) is 21.9 Å². The topological polar surface area (TPSA) is 55.0 Å². The van der Waals surface area contributed by atoms with Crippen molar-refractivity contribution in [3.63, 3.8) is 0 Å². The molecule has 1 fully saturated rings. The SMILES string of the molecule is CN(c1ncc2ccccc2n1)C1CCCC1CN. The van der Waals surface area contributed by atoms with Gasteiger partial charge < -0.3 is 10.6 Å². The average molecular weight is 256 g/mol. The monoisotopic (exact) mass is 256 g/mol. The second kappa shape index (κ2) is 5.13. The van der Waals surface area contributed by atoms with Gasteiger partial charge in [0.1, 0.15) is 0 Å². The first kappa shape index (κ1) is 12.4. The average Bonchev–Trinajstić information content (AvgIpc) is 2.94. The number of fused-ring (bicyclic) bond motifs is 1. The molecule has 1 aromatic carbocycles. The fraction of sp³-hybridized carbons (Fsp3) is 0.467. The van der Waals surface area contributed by atoms with E-state index in [0.29, 0.717) is 12.0 Å². The first-order valence-electron chi connectivity index (χ1n) is 6.94. The van der Waals surface area contributed by atoms with E-state index in [0.717, 1.165) is 23.4 Å². The van der Waals surface area contributed by atoms with Crippen LogP contribution < -0.4 is 10.6 Å². The maximum absolute atomic E-state index is 5.86. The zero-order valence-corrected chi connectivity index (χ0v) is 11.3. The van der Waals surface area contributed by atoms with E-state index >= 15 is 0 Å². The van der Waals surface area contributed by atoms with E-state index in [4.69, 9.17) is 5.73 Å². The number of para-hydroxylation sites is 1. The molecule has 100 valence electrons. The second-order valence-corrected chi connectivity index (χ2v) is 5.33. The molecule has 2 unspecified atom stereocenters. The molecule has 3 rings (SSSR count). The Morgan fingerprint density at radius 3 is 3.00 bits per heavy atom. The predicted octanol–water partition coefficient (Wildman–Crippen LogP) is 2.19. The number of anilines is 1. The van der Waals surface area contributed by atoms with E-state index in [1.165, 1.54) is 19.3 Å². The van der Waals surface area contributed by atoms with Crippen LogP contribution in [0.4, 0.5) is 5.95 Å². The Bertz CT molecular complexity index is 569. The Labute approximate surface area is 113 Å². The summed E-state index contributed by atoms with van der Waals surface area (Å²) in [6.07, 6.45) is 5.57. The van der Waals surface area contributed by atoms with Crippen LogP contribution in [0.1, 0.15) is 19.3 Å².